The van der Waals surface area contributed by atoms with E-state index in [4.69, 9.17) is 5.73 Å². The molecule has 1 fully saturated rings. The van der Waals surface area contributed by atoms with Gasteiger partial charge in [-0.1, -0.05) is 13.8 Å². The SMILES string of the molecule is C[C](C)Cn1nc(N)cc1C1CC1. The monoisotopic (exact) mass is 178 g/mol. The number of anilines is 1. The topological polar surface area (TPSA) is 43.8 Å². The number of nitrogens with zero attached hydrogens (tertiary/aromatic N) is 2. The van der Waals surface area contributed by atoms with Crippen molar-refractivity contribution in [2.24, 2.45) is 0 Å². The average Bonchev–Trinajstić information content (AvgIpc) is 2.77. The normalized spacial score (nSPS) is 16.8. The predicted molar refractivity (Wildman–Crippen MR) is 53.2 cm³/mol. The Hall–Kier alpha value is -0.990. The van der Waals surface area contributed by atoms with Crippen molar-refractivity contribution in [3.05, 3.63) is 17.7 Å². The van der Waals surface area contributed by atoms with E-state index in [2.05, 4.69) is 18.9 Å². The Balaban J connectivity index is 2.21. The van der Waals surface area contributed by atoms with E-state index in [-0.39, 0.29) is 0 Å². The molecule has 1 aliphatic rings. The molecule has 0 bridgehead atoms. The van der Waals surface area contributed by atoms with E-state index in [9.17, 15) is 0 Å². The summed E-state index contributed by atoms with van der Waals surface area (Å²) in [5.41, 5.74) is 7.00. The molecule has 0 spiro atoms. The minimum absolute atomic E-state index is 0.656. The molecule has 0 amide bonds. The number of rotatable bonds is 3. The van der Waals surface area contributed by atoms with Gasteiger partial charge in [-0.3, -0.25) is 4.68 Å². The lowest BCUT2D eigenvalue weighted by atomic mass is 10.2. The molecule has 71 valence electrons. The summed E-state index contributed by atoms with van der Waals surface area (Å²) in [4.78, 5) is 0. The fraction of sp³-hybridized carbons (Fsp3) is 0.600. The molecule has 13 heavy (non-hydrogen) atoms. The third-order valence-electron chi connectivity index (χ3n) is 2.29. The van der Waals surface area contributed by atoms with Gasteiger partial charge < -0.3 is 5.73 Å². The van der Waals surface area contributed by atoms with Crippen LogP contribution in [0.3, 0.4) is 0 Å². The highest BCUT2D eigenvalue weighted by Crippen LogP contribution is 2.40. The van der Waals surface area contributed by atoms with E-state index in [1.807, 2.05) is 10.7 Å². The molecule has 1 aromatic heterocycles. The lowest BCUT2D eigenvalue weighted by Gasteiger charge is -2.07. The summed E-state index contributed by atoms with van der Waals surface area (Å²) in [6.07, 6.45) is 2.60. The van der Waals surface area contributed by atoms with Crippen LogP contribution in [0.1, 0.15) is 38.3 Å². The van der Waals surface area contributed by atoms with Gasteiger partial charge in [0.2, 0.25) is 0 Å². The van der Waals surface area contributed by atoms with Gasteiger partial charge in [-0.25, -0.2) is 0 Å². The zero-order valence-corrected chi connectivity index (χ0v) is 8.25. The van der Waals surface area contributed by atoms with Crippen LogP contribution in [0.2, 0.25) is 0 Å². The first-order valence-electron chi connectivity index (χ1n) is 4.79. The molecule has 1 aliphatic carbocycles. The van der Waals surface area contributed by atoms with Gasteiger partial charge >= 0.3 is 0 Å². The van der Waals surface area contributed by atoms with E-state index in [0.717, 1.165) is 12.5 Å². The highest BCUT2D eigenvalue weighted by Gasteiger charge is 2.27. The van der Waals surface area contributed by atoms with Gasteiger partial charge in [0.25, 0.3) is 0 Å². The third kappa shape index (κ3) is 1.85. The summed E-state index contributed by atoms with van der Waals surface area (Å²) in [6, 6.07) is 2.01. The van der Waals surface area contributed by atoms with Crippen LogP contribution in [0.25, 0.3) is 0 Å². The first-order chi connectivity index (χ1) is 6.16. The molecule has 0 atom stereocenters. The van der Waals surface area contributed by atoms with Crippen LogP contribution >= 0.6 is 0 Å². The number of nitrogens with two attached hydrogens (primary N) is 1. The van der Waals surface area contributed by atoms with Crippen molar-refractivity contribution in [1.82, 2.24) is 9.78 Å². The second kappa shape index (κ2) is 3.05. The summed E-state index contributed by atoms with van der Waals surface area (Å²) in [6.45, 7) is 5.14. The zero-order chi connectivity index (χ0) is 9.42. The van der Waals surface area contributed by atoms with E-state index in [1.54, 1.807) is 0 Å². The van der Waals surface area contributed by atoms with Gasteiger partial charge in [0, 0.05) is 24.2 Å². The molecule has 0 aromatic carbocycles. The second-order valence-corrected chi connectivity index (χ2v) is 4.13. The Morgan fingerprint density at radius 1 is 1.62 bits per heavy atom. The van der Waals surface area contributed by atoms with Crippen molar-refractivity contribution >= 4 is 5.82 Å². The molecule has 0 aliphatic heterocycles. The molecule has 3 heteroatoms. The van der Waals surface area contributed by atoms with E-state index >= 15 is 0 Å². The lowest BCUT2D eigenvalue weighted by Crippen LogP contribution is -2.08. The van der Waals surface area contributed by atoms with Crippen molar-refractivity contribution in [2.45, 2.75) is 39.2 Å². The summed E-state index contributed by atoms with van der Waals surface area (Å²) in [5, 5.41) is 4.29. The summed E-state index contributed by atoms with van der Waals surface area (Å²) < 4.78 is 2.04. The molecule has 1 aromatic rings. The molecule has 2 rings (SSSR count). The lowest BCUT2D eigenvalue weighted by molar-refractivity contribution is 0.601. The average molecular weight is 178 g/mol. The molecule has 0 unspecified atom stereocenters. The molecule has 1 heterocycles. The predicted octanol–water partition coefficient (Wildman–Crippen LogP) is 1.96. The van der Waals surface area contributed by atoms with E-state index in [0.29, 0.717) is 5.82 Å². The first-order valence-corrected chi connectivity index (χ1v) is 4.79. The van der Waals surface area contributed by atoms with Crippen LogP contribution in [0.15, 0.2) is 6.07 Å². The van der Waals surface area contributed by atoms with Crippen molar-refractivity contribution in [3.63, 3.8) is 0 Å². The maximum atomic E-state index is 5.68. The highest BCUT2D eigenvalue weighted by atomic mass is 15.3. The summed E-state index contributed by atoms with van der Waals surface area (Å²) in [5.74, 6) is 2.75. The Morgan fingerprint density at radius 3 is 2.85 bits per heavy atom. The number of hydrogen-bond acceptors (Lipinski definition) is 2. The van der Waals surface area contributed by atoms with Gasteiger partial charge in [-0.15, -0.1) is 0 Å². The van der Waals surface area contributed by atoms with Gasteiger partial charge in [0.05, 0.1) is 0 Å². The summed E-state index contributed by atoms with van der Waals surface area (Å²) >= 11 is 0. The number of nitrogen functional groups attached to an aromatic ring is 1. The Bertz CT molecular complexity index is 297. The molecule has 1 saturated carbocycles. The molecule has 3 nitrogen and oxygen atoms in total. The summed E-state index contributed by atoms with van der Waals surface area (Å²) in [7, 11) is 0. The Morgan fingerprint density at radius 2 is 2.31 bits per heavy atom. The van der Waals surface area contributed by atoms with Crippen LogP contribution in [0.4, 0.5) is 5.82 Å². The largest absolute Gasteiger partial charge is 0.382 e. The second-order valence-electron chi connectivity index (χ2n) is 4.13. The smallest absolute Gasteiger partial charge is 0.145 e. The maximum Gasteiger partial charge on any atom is 0.145 e. The molecular weight excluding hydrogens is 162 g/mol. The van der Waals surface area contributed by atoms with Crippen LogP contribution < -0.4 is 5.73 Å². The standard InChI is InChI=1S/C10H16N3/c1-7(2)6-13-9(8-3-4-8)5-10(11)12-13/h5,8H,3-4,6H2,1-2H3,(H2,11,12). The minimum atomic E-state index is 0.656. The van der Waals surface area contributed by atoms with Gasteiger partial charge in [-0.2, -0.15) is 5.10 Å². The van der Waals surface area contributed by atoms with E-state index < -0.39 is 0 Å². The molecule has 0 saturated heterocycles. The quantitative estimate of drug-likeness (QED) is 0.768. The first kappa shape index (κ1) is 8.60. The van der Waals surface area contributed by atoms with Crippen LogP contribution in [-0.4, -0.2) is 9.78 Å². The number of aromatic nitrogens is 2. The van der Waals surface area contributed by atoms with Crippen LogP contribution in [-0.2, 0) is 6.54 Å². The Labute approximate surface area is 78.9 Å². The fourth-order valence-corrected chi connectivity index (χ4v) is 1.59. The van der Waals surface area contributed by atoms with Gasteiger partial charge in [0.15, 0.2) is 0 Å². The number of hydrogen-bond donors (Lipinski definition) is 1. The van der Waals surface area contributed by atoms with E-state index in [1.165, 1.54) is 24.5 Å². The van der Waals surface area contributed by atoms with Crippen molar-refractivity contribution in [1.29, 1.82) is 0 Å². The third-order valence-corrected chi connectivity index (χ3v) is 2.29. The maximum absolute atomic E-state index is 5.68. The molecule has 1 radical (unpaired) electrons. The van der Waals surface area contributed by atoms with Crippen LogP contribution in [0, 0.1) is 5.92 Å². The van der Waals surface area contributed by atoms with Gasteiger partial charge in [0.1, 0.15) is 5.82 Å². The minimum Gasteiger partial charge on any atom is -0.382 e. The Kier molecular flexibility index (Phi) is 2.02. The highest BCUT2D eigenvalue weighted by molar-refractivity contribution is 5.33. The molecular formula is C10H16N3. The van der Waals surface area contributed by atoms with Crippen molar-refractivity contribution in [2.75, 3.05) is 5.73 Å². The fourth-order valence-electron chi connectivity index (χ4n) is 1.59. The van der Waals surface area contributed by atoms with Crippen molar-refractivity contribution < 1.29 is 0 Å². The zero-order valence-electron chi connectivity index (χ0n) is 8.25. The molecule has 2 N–H and O–H groups in total. The van der Waals surface area contributed by atoms with Crippen molar-refractivity contribution in [3.8, 4) is 0 Å². The van der Waals surface area contributed by atoms with Gasteiger partial charge in [-0.05, 0) is 18.8 Å². The van der Waals surface area contributed by atoms with Crippen LogP contribution in [0.5, 0.6) is 0 Å².